The third kappa shape index (κ3) is 5.73. The van der Waals surface area contributed by atoms with Gasteiger partial charge in [-0.25, -0.2) is 4.99 Å². The second-order valence-electron chi connectivity index (χ2n) is 8.91. The molecule has 0 bridgehead atoms. The van der Waals surface area contributed by atoms with E-state index >= 15 is 0 Å². The van der Waals surface area contributed by atoms with E-state index in [2.05, 4.69) is 34.2 Å². The molecule has 1 aliphatic heterocycles. The van der Waals surface area contributed by atoms with Gasteiger partial charge >= 0.3 is 0 Å². The van der Waals surface area contributed by atoms with Crippen molar-refractivity contribution < 1.29 is 4.79 Å². The minimum Gasteiger partial charge on any atom is -0.340 e. The molecule has 4 rings (SSSR count). The summed E-state index contributed by atoms with van der Waals surface area (Å²) in [6.45, 7) is 7.91. The zero-order valence-corrected chi connectivity index (χ0v) is 18.8. The molecule has 31 heavy (non-hydrogen) atoms. The minimum absolute atomic E-state index is 0.110. The van der Waals surface area contributed by atoms with Gasteiger partial charge < -0.3 is 4.90 Å². The van der Waals surface area contributed by atoms with E-state index in [-0.39, 0.29) is 5.91 Å². The van der Waals surface area contributed by atoms with Crippen molar-refractivity contribution in [1.82, 2.24) is 15.1 Å². The normalized spacial score (nSPS) is 18.8. The number of carbonyl (C=O) groups excluding carboxylic acids is 1. The van der Waals surface area contributed by atoms with Gasteiger partial charge in [-0.1, -0.05) is 49.1 Å². The number of nitrogens with one attached hydrogen (secondary N) is 1. The van der Waals surface area contributed by atoms with Crippen LogP contribution in [0, 0.1) is 13.8 Å². The number of nitrogens with zero attached hydrogens (tertiary/aromatic N) is 3. The van der Waals surface area contributed by atoms with Gasteiger partial charge in [-0.05, 0) is 56.5 Å². The van der Waals surface area contributed by atoms with Gasteiger partial charge in [0.05, 0.1) is 5.69 Å². The first-order chi connectivity index (χ1) is 15.1. The van der Waals surface area contributed by atoms with Gasteiger partial charge in [-0.3, -0.25) is 15.0 Å². The molecular weight excluding hydrogens is 384 g/mol. The summed E-state index contributed by atoms with van der Waals surface area (Å²) in [5.41, 5.74) is 3.83. The fraction of sp³-hybridized carbons (Fsp3) is 0.462. The zero-order valence-electron chi connectivity index (χ0n) is 18.8. The highest BCUT2D eigenvalue weighted by Gasteiger charge is 2.27. The summed E-state index contributed by atoms with van der Waals surface area (Å²) in [6.07, 6.45) is 6.76. The smallest absolute Gasteiger partial charge is 0.257 e. The molecule has 2 fully saturated rings. The average molecular weight is 419 g/mol. The molecule has 164 valence electrons. The number of amides is 1. The number of guanidine groups is 1. The highest BCUT2D eigenvalue weighted by atomic mass is 16.1. The van der Waals surface area contributed by atoms with Crippen molar-refractivity contribution in [2.45, 2.75) is 52.0 Å². The quantitative estimate of drug-likeness (QED) is 0.582. The molecule has 0 spiro atoms. The molecular formula is C26H34N4O. The first-order valence-electron chi connectivity index (χ1n) is 11.6. The number of piperazine rings is 1. The lowest BCUT2D eigenvalue weighted by atomic mass is 9.94. The Kier molecular flexibility index (Phi) is 7.03. The molecule has 1 heterocycles. The van der Waals surface area contributed by atoms with Crippen LogP contribution in [0.25, 0.3) is 0 Å². The maximum Gasteiger partial charge on any atom is 0.257 e. The van der Waals surface area contributed by atoms with E-state index in [4.69, 9.17) is 4.99 Å². The number of benzene rings is 2. The fourth-order valence-electron chi connectivity index (χ4n) is 4.62. The number of hydrogen-bond donors (Lipinski definition) is 1. The Morgan fingerprint density at radius 1 is 0.903 bits per heavy atom. The van der Waals surface area contributed by atoms with E-state index in [0.29, 0.717) is 11.5 Å². The Labute approximate surface area is 186 Å². The lowest BCUT2D eigenvalue weighted by Crippen LogP contribution is -2.55. The molecule has 1 N–H and O–H groups in total. The van der Waals surface area contributed by atoms with Gasteiger partial charge in [-0.15, -0.1) is 0 Å². The monoisotopic (exact) mass is 418 g/mol. The number of aryl methyl sites for hydroxylation is 2. The van der Waals surface area contributed by atoms with Crippen LogP contribution >= 0.6 is 0 Å². The van der Waals surface area contributed by atoms with Crippen molar-refractivity contribution in [3.63, 3.8) is 0 Å². The topological polar surface area (TPSA) is 47.9 Å². The van der Waals surface area contributed by atoms with Gasteiger partial charge in [0.2, 0.25) is 5.96 Å². The van der Waals surface area contributed by atoms with Crippen LogP contribution in [0.3, 0.4) is 0 Å². The molecule has 5 nitrogen and oxygen atoms in total. The molecule has 1 aliphatic carbocycles. The van der Waals surface area contributed by atoms with E-state index in [0.717, 1.165) is 49.0 Å². The number of aliphatic imine (C=N–C) groups is 1. The predicted octanol–water partition coefficient (Wildman–Crippen LogP) is 4.67. The molecule has 5 heteroatoms. The Morgan fingerprint density at radius 2 is 1.61 bits per heavy atom. The summed E-state index contributed by atoms with van der Waals surface area (Å²) in [6, 6.07) is 16.5. The third-order valence-corrected chi connectivity index (χ3v) is 6.48. The number of hydrogen-bond acceptors (Lipinski definition) is 3. The first kappa shape index (κ1) is 21.6. The SMILES string of the molecule is Cc1ccc(C(=O)NC(=Nc2cccc(C)c2)N2CCN(C3CCCCC3)CC2)cc1. The maximum atomic E-state index is 12.9. The van der Waals surface area contributed by atoms with Crippen molar-refractivity contribution in [3.05, 3.63) is 65.2 Å². The molecule has 1 saturated carbocycles. The zero-order chi connectivity index (χ0) is 21.6. The summed E-state index contributed by atoms with van der Waals surface area (Å²) in [7, 11) is 0. The molecule has 0 aromatic heterocycles. The van der Waals surface area contributed by atoms with Crippen LogP contribution < -0.4 is 5.32 Å². The Bertz CT molecular complexity index is 907. The van der Waals surface area contributed by atoms with Crippen molar-refractivity contribution in [2.75, 3.05) is 26.2 Å². The van der Waals surface area contributed by atoms with Crippen molar-refractivity contribution >= 4 is 17.6 Å². The molecule has 0 radical (unpaired) electrons. The first-order valence-corrected chi connectivity index (χ1v) is 11.6. The molecule has 0 atom stereocenters. The van der Waals surface area contributed by atoms with Crippen molar-refractivity contribution in [1.29, 1.82) is 0 Å². The highest BCUT2D eigenvalue weighted by Crippen LogP contribution is 2.24. The van der Waals surface area contributed by atoms with E-state index < -0.39 is 0 Å². The lowest BCUT2D eigenvalue weighted by molar-refractivity contribution is 0.0943. The number of carbonyl (C=O) groups is 1. The Balaban J connectivity index is 1.50. The van der Waals surface area contributed by atoms with E-state index in [9.17, 15) is 4.79 Å². The average Bonchev–Trinajstić information content (AvgIpc) is 2.80. The second-order valence-corrected chi connectivity index (χ2v) is 8.91. The summed E-state index contributed by atoms with van der Waals surface area (Å²) >= 11 is 0. The number of rotatable bonds is 3. The Hall–Kier alpha value is -2.66. The van der Waals surface area contributed by atoms with E-state index in [1.165, 1.54) is 32.1 Å². The van der Waals surface area contributed by atoms with Gasteiger partial charge in [0.25, 0.3) is 5.91 Å². The molecule has 1 saturated heterocycles. The minimum atomic E-state index is -0.110. The van der Waals surface area contributed by atoms with E-state index in [1.54, 1.807) is 0 Å². The molecule has 0 unspecified atom stereocenters. The third-order valence-electron chi connectivity index (χ3n) is 6.48. The summed E-state index contributed by atoms with van der Waals surface area (Å²) < 4.78 is 0. The van der Waals surface area contributed by atoms with Crippen molar-refractivity contribution in [3.8, 4) is 0 Å². The maximum absolute atomic E-state index is 12.9. The van der Waals surface area contributed by atoms with Crippen LogP contribution in [0.15, 0.2) is 53.5 Å². The fourth-order valence-corrected chi connectivity index (χ4v) is 4.62. The largest absolute Gasteiger partial charge is 0.340 e. The van der Waals surface area contributed by atoms with Gasteiger partial charge in [-0.2, -0.15) is 0 Å². The predicted molar refractivity (Wildman–Crippen MR) is 127 cm³/mol. The summed E-state index contributed by atoms with van der Waals surface area (Å²) in [5, 5.41) is 3.10. The van der Waals surface area contributed by atoms with Crippen LogP contribution in [-0.2, 0) is 0 Å². The summed E-state index contributed by atoms with van der Waals surface area (Å²) in [4.78, 5) is 22.7. The summed E-state index contributed by atoms with van der Waals surface area (Å²) in [5.74, 6) is 0.542. The molecule has 2 aromatic carbocycles. The van der Waals surface area contributed by atoms with Crippen LogP contribution in [0.2, 0.25) is 0 Å². The van der Waals surface area contributed by atoms with Crippen molar-refractivity contribution in [2.24, 2.45) is 4.99 Å². The Morgan fingerprint density at radius 3 is 2.29 bits per heavy atom. The second kappa shape index (κ2) is 10.1. The standard InChI is InChI=1S/C26H34N4O/c1-20-11-13-22(14-12-20)25(31)28-26(27-23-8-6-7-21(2)19-23)30-17-15-29(16-18-30)24-9-4-3-5-10-24/h6-8,11-14,19,24H,3-5,9-10,15-18H2,1-2H3,(H,27,28,31). The molecule has 2 aromatic rings. The van der Waals surface area contributed by atoms with Gasteiger partial charge in [0.1, 0.15) is 0 Å². The van der Waals surface area contributed by atoms with Crippen LogP contribution in [0.1, 0.15) is 53.6 Å². The lowest BCUT2D eigenvalue weighted by Gasteiger charge is -2.41. The van der Waals surface area contributed by atoms with Gasteiger partial charge in [0.15, 0.2) is 0 Å². The van der Waals surface area contributed by atoms with E-state index in [1.807, 2.05) is 43.3 Å². The highest BCUT2D eigenvalue weighted by molar-refractivity contribution is 6.06. The molecule has 1 amide bonds. The molecule has 2 aliphatic rings. The van der Waals surface area contributed by atoms with Crippen LogP contribution in [0.4, 0.5) is 5.69 Å². The van der Waals surface area contributed by atoms with Gasteiger partial charge in [0, 0.05) is 37.8 Å². The van der Waals surface area contributed by atoms with Crippen LogP contribution in [-0.4, -0.2) is 53.9 Å². The van der Waals surface area contributed by atoms with Crippen LogP contribution in [0.5, 0.6) is 0 Å².